The molecule has 2 nitrogen and oxygen atoms in total. The lowest BCUT2D eigenvalue weighted by atomic mass is 10.2. The van der Waals surface area contributed by atoms with E-state index in [9.17, 15) is 0 Å². The van der Waals surface area contributed by atoms with Crippen LogP contribution in [0.4, 0.5) is 0 Å². The SMILES string of the molecule is C=C/C=C\C(=C(C)C)N1CN(C)C2=CC=CCC=C21. The van der Waals surface area contributed by atoms with Gasteiger partial charge in [-0.25, -0.2) is 0 Å². The number of rotatable bonds is 3. The van der Waals surface area contributed by atoms with Crippen LogP contribution in [0.1, 0.15) is 20.3 Å². The number of allylic oxidation sites excluding steroid dienone is 8. The van der Waals surface area contributed by atoms with E-state index in [-0.39, 0.29) is 0 Å². The Kier molecular flexibility index (Phi) is 4.10. The van der Waals surface area contributed by atoms with Crippen LogP contribution in [0.15, 0.2) is 71.8 Å². The highest BCUT2D eigenvalue weighted by Crippen LogP contribution is 2.33. The first-order valence-corrected chi connectivity index (χ1v) is 6.67. The molecule has 1 aliphatic heterocycles. The molecule has 2 aliphatic rings. The van der Waals surface area contributed by atoms with Gasteiger partial charge < -0.3 is 9.80 Å². The Bertz CT molecular complexity index is 511. The monoisotopic (exact) mass is 254 g/mol. The van der Waals surface area contributed by atoms with E-state index in [4.69, 9.17) is 0 Å². The molecule has 0 spiro atoms. The van der Waals surface area contributed by atoms with Crippen molar-refractivity contribution < 1.29 is 0 Å². The average molecular weight is 254 g/mol. The van der Waals surface area contributed by atoms with Crippen LogP contribution in [-0.2, 0) is 0 Å². The van der Waals surface area contributed by atoms with Gasteiger partial charge in [0.15, 0.2) is 0 Å². The Morgan fingerprint density at radius 2 is 2.11 bits per heavy atom. The van der Waals surface area contributed by atoms with Gasteiger partial charge in [0.2, 0.25) is 0 Å². The molecule has 2 heteroatoms. The van der Waals surface area contributed by atoms with Crippen molar-refractivity contribution in [1.29, 1.82) is 0 Å². The zero-order chi connectivity index (χ0) is 13.8. The van der Waals surface area contributed by atoms with Crippen molar-refractivity contribution in [3.63, 3.8) is 0 Å². The summed E-state index contributed by atoms with van der Waals surface area (Å²) in [5.41, 5.74) is 5.16. The van der Waals surface area contributed by atoms with E-state index >= 15 is 0 Å². The molecule has 0 radical (unpaired) electrons. The minimum Gasteiger partial charge on any atom is -0.355 e. The zero-order valence-corrected chi connectivity index (χ0v) is 12.1. The summed E-state index contributed by atoms with van der Waals surface area (Å²) in [6.07, 6.45) is 15.8. The predicted molar refractivity (Wildman–Crippen MR) is 82.1 cm³/mol. The quantitative estimate of drug-likeness (QED) is 0.703. The smallest absolute Gasteiger partial charge is 0.0950 e. The third-order valence-electron chi connectivity index (χ3n) is 3.35. The highest BCUT2D eigenvalue weighted by molar-refractivity contribution is 5.43. The van der Waals surface area contributed by atoms with Crippen molar-refractivity contribution >= 4 is 0 Å². The van der Waals surface area contributed by atoms with E-state index in [1.165, 1.54) is 22.7 Å². The molecule has 1 saturated heterocycles. The molecule has 0 atom stereocenters. The molecule has 0 aromatic heterocycles. The van der Waals surface area contributed by atoms with Crippen LogP contribution in [0.2, 0.25) is 0 Å². The summed E-state index contributed by atoms with van der Waals surface area (Å²) >= 11 is 0. The molecular formula is C17H22N2. The largest absolute Gasteiger partial charge is 0.355 e. The second kappa shape index (κ2) is 5.79. The summed E-state index contributed by atoms with van der Waals surface area (Å²) in [6, 6.07) is 0. The standard InChI is InChI=1S/C17H22N2/c1-5-6-10-15(14(2)3)19-13-18(4)16-11-8-7-9-12-17(16)19/h5-8,10-12H,1,9,13H2,2-4H3/b10-6-. The molecule has 0 bridgehead atoms. The number of hydrogen-bond acceptors (Lipinski definition) is 2. The minimum absolute atomic E-state index is 0.896. The number of likely N-dealkylation sites (N-methyl/N-ethyl adjacent to an activating group) is 1. The minimum atomic E-state index is 0.896. The second-order valence-electron chi connectivity index (χ2n) is 5.05. The van der Waals surface area contributed by atoms with Gasteiger partial charge in [0.1, 0.15) is 0 Å². The molecule has 1 heterocycles. The van der Waals surface area contributed by atoms with Crippen molar-refractivity contribution in [3.8, 4) is 0 Å². The van der Waals surface area contributed by atoms with Gasteiger partial charge >= 0.3 is 0 Å². The molecule has 0 aromatic rings. The summed E-state index contributed by atoms with van der Waals surface area (Å²) < 4.78 is 0. The van der Waals surface area contributed by atoms with E-state index in [2.05, 4.69) is 67.7 Å². The molecular weight excluding hydrogens is 232 g/mol. The zero-order valence-electron chi connectivity index (χ0n) is 12.1. The van der Waals surface area contributed by atoms with Gasteiger partial charge in [-0.1, -0.05) is 42.5 Å². The van der Waals surface area contributed by atoms with Gasteiger partial charge in [-0.2, -0.15) is 0 Å². The summed E-state index contributed by atoms with van der Waals surface area (Å²) in [5.74, 6) is 0. The maximum atomic E-state index is 3.76. The predicted octanol–water partition coefficient (Wildman–Crippen LogP) is 3.96. The Morgan fingerprint density at radius 3 is 2.79 bits per heavy atom. The van der Waals surface area contributed by atoms with E-state index < -0.39 is 0 Å². The lowest BCUT2D eigenvalue weighted by molar-refractivity contribution is 0.354. The first kappa shape index (κ1) is 13.5. The number of fused-ring (bicyclic) bond motifs is 1. The highest BCUT2D eigenvalue weighted by atomic mass is 15.4. The Morgan fingerprint density at radius 1 is 1.32 bits per heavy atom. The Balaban J connectivity index is 2.41. The summed E-state index contributed by atoms with van der Waals surface area (Å²) in [5, 5.41) is 0. The molecule has 1 fully saturated rings. The molecule has 0 amide bonds. The van der Waals surface area contributed by atoms with E-state index in [0.717, 1.165) is 13.1 Å². The van der Waals surface area contributed by atoms with Gasteiger partial charge in [0.05, 0.1) is 18.1 Å². The molecule has 2 rings (SSSR count). The molecule has 100 valence electrons. The van der Waals surface area contributed by atoms with E-state index in [1.807, 2.05) is 12.2 Å². The van der Waals surface area contributed by atoms with Crippen molar-refractivity contribution in [3.05, 3.63) is 71.8 Å². The fraction of sp³-hybridized carbons (Fsp3) is 0.294. The third-order valence-corrected chi connectivity index (χ3v) is 3.35. The van der Waals surface area contributed by atoms with E-state index in [1.54, 1.807) is 0 Å². The normalized spacial score (nSPS) is 18.1. The van der Waals surface area contributed by atoms with Crippen LogP contribution >= 0.6 is 0 Å². The fourth-order valence-electron chi connectivity index (χ4n) is 2.43. The van der Waals surface area contributed by atoms with Crippen molar-refractivity contribution in [2.45, 2.75) is 20.3 Å². The molecule has 19 heavy (non-hydrogen) atoms. The van der Waals surface area contributed by atoms with Crippen LogP contribution in [-0.4, -0.2) is 23.5 Å². The lowest BCUT2D eigenvalue weighted by Gasteiger charge is -2.22. The van der Waals surface area contributed by atoms with Crippen molar-refractivity contribution in [2.24, 2.45) is 0 Å². The van der Waals surface area contributed by atoms with Crippen LogP contribution in [0, 0.1) is 0 Å². The van der Waals surface area contributed by atoms with Crippen LogP contribution < -0.4 is 0 Å². The van der Waals surface area contributed by atoms with Gasteiger partial charge in [-0.15, -0.1) is 0 Å². The van der Waals surface area contributed by atoms with Crippen LogP contribution in [0.5, 0.6) is 0 Å². The molecule has 0 aromatic carbocycles. The van der Waals surface area contributed by atoms with Crippen LogP contribution in [0.25, 0.3) is 0 Å². The highest BCUT2D eigenvalue weighted by Gasteiger charge is 2.28. The van der Waals surface area contributed by atoms with Gasteiger partial charge in [0, 0.05) is 12.7 Å². The second-order valence-corrected chi connectivity index (χ2v) is 5.05. The van der Waals surface area contributed by atoms with Gasteiger partial charge in [0.25, 0.3) is 0 Å². The lowest BCUT2D eigenvalue weighted by Crippen LogP contribution is -2.21. The van der Waals surface area contributed by atoms with Crippen molar-refractivity contribution in [2.75, 3.05) is 13.7 Å². The average Bonchev–Trinajstić information content (AvgIpc) is 2.57. The molecule has 0 unspecified atom stereocenters. The first-order chi connectivity index (χ1) is 9.15. The maximum Gasteiger partial charge on any atom is 0.0950 e. The fourth-order valence-corrected chi connectivity index (χ4v) is 2.43. The summed E-state index contributed by atoms with van der Waals surface area (Å²) in [4.78, 5) is 4.65. The molecule has 1 aliphatic carbocycles. The number of hydrogen-bond donors (Lipinski definition) is 0. The third kappa shape index (κ3) is 2.73. The number of nitrogens with zero attached hydrogens (tertiary/aromatic N) is 2. The van der Waals surface area contributed by atoms with Crippen molar-refractivity contribution in [1.82, 2.24) is 9.80 Å². The van der Waals surface area contributed by atoms with Gasteiger partial charge in [-0.05, 0) is 32.4 Å². The van der Waals surface area contributed by atoms with Crippen LogP contribution in [0.3, 0.4) is 0 Å². The maximum absolute atomic E-state index is 3.76. The first-order valence-electron chi connectivity index (χ1n) is 6.67. The Labute approximate surface area is 116 Å². The summed E-state index contributed by atoms with van der Waals surface area (Å²) in [6.45, 7) is 8.96. The Hall–Kier alpha value is -1.96. The summed E-state index contributed by atoms with van der Waals surface area (Å²) in [7, 11) is 2.14. The molecule has 0 N–H and O–H groups in total. The van der Waals surface area contributed by atoms with E-state index in [0.29, 0.717) is 0 Å². The topological polar surface area (TPSA) is 6.48 Å². The molecule has 0 saturated carbocycles. The van der Waals surface area contributed by atoms with Gasteiger partial charge in [-0.3, -0.25) is 0 Å².